The van der Waals surface area contributed by atoms with Crippen LogP contribution in [0, 0.1) is 5.92 Å². The van der Waals surface area contributed by atoms with E-state index in [2.05, 4.69) is 0 Å². The van der Waals surface area contributed by atoms with E-state index in [1.807, 2.05) is 11.2 Å². The first kappa shape index (κ1) is 15.1. The van der Waals surface area contributed by atoms with Crippen molar-refractivity contribution < 1.29 is 4.79 Å². The maximum Gasteiger partial charge on any atom is 0.223 e. The number of likely N-dealkylation sites (tertiary alicyclic amines) is 1. The summed E-state index contributed by atoms with van der Waals surface area (Å²) in [5.41, 5.74) is 5.60. The molecule has 0 atom stereocenters. The molecule has 1 aliphatic heterocycles. The lowest BCUT2D eigenvalue weighted by Crippen LogP contribution is -2.40. The standard InChI is InChI=1S/C10H20N2OS.ClH/c1-14-7-4-10(13)12-5-2-9(8-11)3-6-12;/h9H,2-8,11H2,1H3;1H. The Morgan fingerprint density at radius 3 is 2.53 bits per heavy atom. The minimum atomic E-state index is 0. The number of piperidine rings is 1. The van der Waals surface area contributed by atoms with E-state index in [1.54, 1.807) is 11.8 Å². The largest absolute Gasteiger partial charge is 0.343 e. The summed E-state index contributed by atoms with van der Waals surface area (Å²) in [4.78, 5) is 13.6. The average molecular weight is 253 g/mol. The molecule has 0 bridgehead atoms. The third-order valence-electron chi connectivity index (χ3n) is 2.82. The monoisotopic (exact) mass is 252 g/mol. The van der Waals surface area contributed by atoms with Crippen molar-refractivity contribution in [2.75, 3.05) is 31.6 Å². The molecule has 1 heterocycles. The zero-order chi connectivity index (χ0) is 10.4. The summed E-state index contributed by atoms with van der Waals surface area (Å²) in [7, 11) is 0. The molecule has 0 spiro atoms. The van der Waals surface area contributed by atoms with E-state index in [9.17, 15) is 4.79 Å². The first-order valence-corrected chi connectivity index (χ1v) is 6.64. The summed E-state index contributed by atoms with van der Waals surface area (Å²) >= 11 is 1.73. The average Bonchev–Trinajstić information content (AvgIpc) is 2.26. The van der Waals surface area contributed by atoms with Crippen molar-refractivity contribution in [1.82, 2.24) is 4.90 Å². The number of hydrogen-bond donors (Lipinski definition) is 1. The van der Waals surface area contributed by atoms with Crippen LogP contribution in [0.3, 0.4) is 0 Å². The zero-order valence-electron chi connectivity index (χ0n) is 9.28. The number of carbonyl (C=O) groups excluding carboxylic acids is 1. The Labute approximate surface area is 103 Å². The minimum Gasteiger partial charge on any atom is -0.343 e. The molecule has 5 heteroatoms. The highest BCUT2D eigenvalue weighted by atomic mass is 35.5. The quantitative estimate of drug-likeness (QED) is 0.822. The van der Waals surface area contributed by atoms with Gasteiger partial charge in [-0.2, -0.15) is 11.8 Å². The second kappa shape index (κ2) is 8.25. The predicted molar refractivity (Wildman–Crippen MR) is 68.6 cm³/mol. The number of rotatable bonds is 4. The molecular formula is C10H21ClN2OS. The number of nitrogens with two attached hydrogens (primary N) is 1. The smallest absolute Gasteiger partial charge is 0.223 e. The van der Waals surface area contributed by atoms with Gasteiger partial charge in [-0.1, -0.05) is 0 Å². The zero-order valence-corrected chi connectivity index (χ0v) is 10.9. The van der Waals surface area contributed by atoms with Gasteiger partial charge in [-0.05, 0) is 31.6 Å². The minimum absolute atomic E-state index is 0. The summed E-state index contributed by atoms with van der Waals surface area (Å²) in [5.74, 6) is 1.89. The first-order valence-electron chi connectivity index (χ1n) is 5.24. The van der Waals surface area contributed by atoms with Gasteiger partial charge in [0.1, 0.15) is 0 Å². The molecule has 1 saturated heterocycles. The van der Waals surface area contributed by atoms with E-state index in [0.717, 1.165) is 38.2 Å². The number of hydrogen-bond acceptors (Lipinski definition) is 3. The Morgan fingerprint density at radius 1 is 1.47 bits per heavy atom. The van der Waals surface area contributed by atoms with Crippen LogP contribution in [0.15, 0.2) is 0 Å². The highest BCUT2D eigenvalue weighted by molar-refractivity contribution is 7.98. The van der Waals surface area contributed by atoms with Crippen molar-refractivity contribution in [2.45, 2.75) is 19.3 Å². The molecule has 0 aliphatic carbocycles. The molecule has 3 nitrogen and oxygen atoms in total. The molecule has 1 rings (SSSR count). The van der Waals surface area contributed by atoms with Crippen molar-refractivity contribution in [1.29, 1.82) is 0 Å². The van der Waals surface area contributed by atoms with Crippen LogP contribution < -0.4 is 5.73 Å². The van der Waals surface area contributed by atoms with Gasteiger partial charge < -0.3 is 10.6 Å². The van der Waals surface area contributed by atoms with Gasteiger partial charge in [-0.3, -0.25) is 4.79 Å². The van der Waals surface area contributed by atoms with Crippen LogP contribution >= 0.6 is 24.2 Å². The van der Waals surface area contributed by atoms with Gasteiger partial charge >= 0.3 is 0 Å². The van der Waals surface area contributed by atoms with Crippen LogP contribution in [0.1, 0.15) is 19.3 Å². The Kier molecular flexibility index (Phi) is 8.29. The molecule has 0 aromatic carbocycles. The topological polar surface area (TPSA) is 46.3 Å². The molecular weight excluding hydrogens is 232 g/mol. The predicted octanol–water partition coefficient (Wildman–Crippen LogP) is 1.36. The third-order valence-corrected chi connectivity index (χ3v) is 3.43. The van der Waals surface area contributed by atoms with Crippen molar-refractivity contribution in [3.63, 3.8) is 0 Å². The number of thioether (sulfide) groups is 1. The fourth-order valence-electron chi connectivity index (χ4n) is 1.77. The van der Waals surface area contributed by atoms with Crippen molar-refractivity contribution in [3.05, 3.63) is 0 Å². The summed E-state index contributed by atoms with van der Waals surface area (Å²) < 4.78 is 0. The summed E-state index contributed by atoms with van der Waals surface area (Å²) in [6.07, 6.45) is 4.89. The summed E-state index contributed by atoms with van der Waals surface area (Å²) in [5, 5.41) is 0. The Morgan fingerprint density at radius 2 is 2.07 bits per heavy atom. The SMILES string of the molecule is CSCCC(=O)N1CCC(CN)CC1.Cl. The second-order valence-electron chi connectivity index (χ2n) is 3.80. The third kappa shape index (κ3) is 5.09. The van der Waals surface area contributed by atoms with Gasteiger partial charge in [0.15, 0.2) is 0 Å². The van der Waals surface area contributed by atoms with E-state index in [0.29, 0.717) is 18.2 Å². The molecule has 0 aromatic heterocycles. The van der Waals surface area contributed by atoms with Crippen molar-refractivity contribution >= 4 is 30.1 Å². The number of amides is 1. The van der Waals surface area contributed by atoms with Gasteiger partial charge in [0.05, 0.1) is 0 Å². The summed E-state index contributed by atoms with van der Waals surface area (Å²) in [6.45, 7) is 2.59. The molecule has 0 radical (unpaired) electrons. The van der Waals surface area contributed by atoms with Gasteiger partial charge in [0.25, 0.3) is 0 Å². The van der Waals surface area contributed by atoms with E-state index in [1.165, 1.54) is 0 Å². The fraction of sp³-hybridized carbons (Fsp3) is 0.900. The normalized spacial score (nSPS) is 17.3. The van der Waals surface area contributed by atoms with Crippen molar-refractivity contribution in [2.24, 2.45) is 11.7 Å². The molecule has 15 heavy (non-hydrogen) atoms. The molecule has 0 unspecified atom stereocenters. The molecule has 90 valence electrons. The maximum absolute atomic E-state index is 11.6. The van der Waals surface area contributed by atoms with Crippen LogP contribution in [0.2, 0.25) is 0 Å². The number of carbonyl (C=O) groups is 1. The highest BCUT2D eigenvalue weighted by Gasteiger charge is 2.21. The Balaban J connectivity index is 0.00000196. The maximum atomic E-state index is 11.6. The molecule has 1 fully saturated rings. The van der Waals surface area contributed by atoms with E-state index in [4.69, 9.17) is 5.73 Å². The van der Waals surface area contributed by atoms with E-state index in [-0.39, 0.29) is 12.4 Å². The first-order chi connectivity index (χ1) is 6.77. The van der Waals surface area contributed by atoms with Gasteiger partial charge in [0, 0.05) is 25.3 Å². The van der Waals surface area contributed by atoms with Gasteiger partial charge in [-0.25, -0.2) is 0 Å². The van der Waals surface area contributed by atoms with Crippen LogP contribution in [0.4, 0.5) is 0 Å². The Hall–Kier alpha value is 0.0700. The molecule has 1 aliphatic rings. The van der Waals surface area contributed by atoms with Gasteiger partial charge in [-0.15, -0.1) is 12.4 Å². The van der Waals surface area contributed by atoms with Crippen LogP contribution in [0.5, 0.6) is 0 Å². The lowest BCUT2D eigenvalue weighted by molar-refractivity contribution is -0.132. The van der Waals surface area contributed by atoms with Crippen LogP contribution in [0.25, 0.3) is 0 Å². The lowest BCUT2D eigenvalue weighted by atomic mass is 9.97. The lowest BCUT2D eigenvalue weighted by Gasteiger charge is -2.31. The Bertz CT molecular complexity index is 184. The second-order valence-corrected chi connectivity index (χ2v) is 4.79. The molecule has 0 saturated carbocycles. The molecule has 1 amide bonds. The van der Waals surface area contributed by atoms with E-state index >= 15 is 0 Å². The number of halogens is 1. The number of nitrogens with zero attached hydrogens (tertiary/aromatic N) is 1. The molecule has 0 aromatic rings. The van der Waals surface area contributed by atoms with Crippen molar-refractivity contribution in [3.8, 4) is 0 Å². The highest BCUT2D eigenvalue weighted by Crippen LogP contribution is 2.16. The summed E-state index contributed by atoms with van der Waals surface area (Å²) in [6, 6.07) is 0. The fourth-order valence-corrected chi connectivity index (χ4v) is 2.14. The van der Waals surface area contributed by atoms with Crippen LogP contribution in [-0.4, -0.2) is 42.4 Å². The molecule has 2 N–H and O–H groups in total. The van der Waals surface area contributed by atoms with Crippen LogP contribution in [-0.2, 0) is 4.79 Å². The van der Waals surface area contributed by atoms with Gasteiger partial charge in [0.2, 0.25) is 5.91 Å². The van der Waals surface area contributed by atoms with E-state index < -0.39 is 0 Å².